The molecule has 0 saturated heterocycles. The number of nitrogens with two attached hydrogens (primary N) is 1. The predicted octanol–water partition coefficient (Wildman–Crippen LogP) is 4.30. The molecule has 12 nitrogen and oxygen atoms in total. The van der Waals surface area contributed by atoms with Crippen LogP contribution < -0.4 is 26.0 Å². The molecule has 43 heavy (non-hydrogen) atoms. The maximum atomic E-state index is 14.0. The van der Waals surface area contributed by atoms with Crippen molar-refractivity contribution in [2.24, 2.45) is 0 Å². The highest BCUT2D eigenvalue weighted by Gasteiger charge is 2.33. The smallest absolute Gasteiger partial charge is 0.323 e. The average molecular weight is 596 g/mol. The van der Waals surface area contributed by atoms with E-state index in [9.17, 15) is 13.2 Å². The Balaban J connectivity index is 1.09. The molecule has 2 aromatic heterocycles. The van der Waals surface area contributed by atoms with E-state index in [1.54, 1.807) is 24.4 Å². The molecule has 0 fully saturated rings. The Morgan fingerprint density at radius 1 is 0.930 bits per heavy atom. The fourth-order valence-corrected chi connectivity index (χ4v) is 7.36. The molecule has 5 aromatic rings. The summed E-state index contributed by atoms with van der Waals surface area (Å²) >= 11 is 0. The van der Waals surface area contributed by atoms with E-state index < -0.39 is 16.1 Å². The van der Waals surface area contributed by atoms with Crippen LogP contribution in [0.2, 0.25) is 0 Å². The first-order valence-corrected chi connectivity index (χ1v) is 15.4. The summed E-state index contributed by atoms with van der Waals surface area (Å²) in [6.07, 6.45) is 5.40. The third-order valence-corrected chi connectivity index (χ3v) is 9.63. The minimum Gasteiger partial charge on any atom is -0.368 e. The summed E-state index contributed by atoms with van der Waals surface area (Å²) in [4.78, 5) is 21.2. The van der Waals surface area contributed by atoms with Crippen LogP contribution in [0.15, 0.2) is 77.8 Å². The minimum atomic E-state index is -3.95. The Kier molecular flexibility index (Phi) is 6.58. The van der Waals surface area contributed by atoms with Crippen LogP contribution in [0.3, 0.4) is 0 Å². The highest BCUT2D eigenvalue weighted by Crippen LogP contribution is 2.34. The van der Waals surface area contributed by atoms with Crippen LogP contribution in [0.5, 0.6) is 0 Å². The molecule has 7 rings (SSSR count). The number of sulfonamides is 1. The van der Waals surface area contributed by atoms with E-state index in [0.29, 0.717) is 34.6 Å². The van der Waals surface area contributed by atoms with Gasteiger partial charge in [0.2, 0.25) is 5.95 Å². The second-order valence-electron chi connectivity index (χ2n) is 10.7. The Morgan fingerprint density at radius 2 is 1.70 bits per heavy atom. The molecule has 2 aliphatic rings. The van der Waals surface area contributed by atoms with Crippen molar-refractivity contribution in [3.63, 3.8) is 0 Å². The summed E-state index contributed by atoms with van der Waals surface area (Å²) in [7, 11) is -3.95. The SMILES string of the molecule is Nc1nc(NC2Cc3ccccc3N(S(=O)(=O)c3ccc(NC(=O)Nc4ccc5c(c4)CCC5)cc3)C2)c2cn[nH]c2n1. The zero-order valence-corrected chi connectivity index (χ0v) is 23.9. The summed E-state index contributed by atoms with van der Waals surface area (Å²) in [6, 6.07) is 18.9. The van der Waals surface area contributed by atoms with Crippen molar-refractivity contribution >= 4 is 55.9 Å². The van der Waals surface area contributed by atoms with Crippen LogP contribution in [0.25, 0.3) is 11.0 Å². The number of anilines is 5. The van der Waals surface area contributed by atoms with E-state index in [1.165, 1.54) is 27.6 Å². The number of carbonyl (C=O) groups excluding carboxylic acids is 1. The first-order chi connectivity index (χ1) is 20.8. The highest BCUT2D eigenvalue weighted by molar-refractivity contribution is 7.92. The van der Waals surface area contributed by atoms with Gasteiger partial charge in [-0.2, -0.15) is 15.1 Å². The van der Waals surface area contributed by atoms with Crippen LogP contribution >= 0.6 is 0 Å². The number of hydrogen-bond donors (Lipinski definition) is 5. The van der Waals surface area contributed by atoms with Crippen LogP contribution in [-0.4, -0.2) is 47.2 Å². The molecule has 0 saturated carbocycles. The lowest BCUT2D eigenvalue weighted by Crippen LogP contribution is -2.45. The number of urea groups is 1. The summed E-state index contributed by atoms with van der Waals surface area (Å²) in [5.41, 5.74) is 11.7. The van der Waals surface area contributed by atoms with Crippen molar-refractivity contribution in [1.82, 2.24) is 20.2 Å². The quantitative estimate of drug-likeness (QED) is 0.193. The van der Waals surface area contributed by atoms with Gasteiger partial charge in [-0.3, -0.25) is 9.40 Å². The largest absolute Gasteiger partial charge is 0.368 e. The Bertz CT molecular complexity index is 1960. The molecular weight excluding hydrogens is 566 g/mol. The normalized spacial score (nSPS) is 16.0. The molecule has 1 aliphatic carbocycles. The number of hydrogen-bond acceptors (Lipinski definition) is 8. The van der Waals surface area contributed by atoms with Gasteiger partial charge in [0.25, 0.3) is 10.0 Å². The second kappa shape index (κ2) is 10.6. The van der Waals surface area contributed by atoms with Gasteiger partial charge < -0.3 is 21.7 Å². The molecule has 1 atom stereocenters. The predicted molar refractivity (Wildman–Crippen MR) is 166 cm³/mol. The summed E-state index contributed by atoms with van der Waals surface area (Å²) < 4.78 is 29.4. The Labute approximate surface area is 247 Å². The van der Waals surface area contributed by atoms with Crippen molar-refractivity contribution in [3.05, 3.63) is 89.6 Å². The Hall–Kier alpha value is -5.17. The van der Waals surface area contributed by atoms with Gasteiger partial charge in [0.15, 0.2) is 5.65 Å². The second-order valence-corrected chi connectivity index (χ2v) is 12.6. The number of benzene rings is 3. The minimum absolute atomic E-state index is 0.0783. The maximum Gasteiger partial charge on any atom is 0.323 e. The van der Waals surface area contributed by atoms with Gasteiger partial charge >= 0.3 is 6.03 Å². The number of rotatable bonds is 6. The van der Waals surface area contributed by atoms with Crippen LogP contribution in [-0.2, 0) is 29.3 Å². The number of nitrogens with one attached hydrogen (secondary N) is 4. The Morgan fingerprint density at radius 3 is 2.56 bits per heavy atom. The first-order valence-electron chi connectivity index (χ1n) is 14.0. The lowest BCUT2D eigenvalue weighted by Gasteiger charge is -2.35. The molecule has 3 aromatic carbocycles. The topological polar surface area (TPSA) is 171 Å². The molecular formula is C30H29N9O3S. The number of nitrogen functional groups attached to an aromatic ring is 1. The number of aryl methyl sites for hydroxylation is 2. The van der Waals surface area contributed by atoms with Gasteiger partial charge in [-0.1, -0.05) is 24.3 Å². The number of carbonyl (C=O) groups is 1. The molecule has 3 heterocycles. The molecule has 0 radical (unpaired) electrons. The fraction of sp³-hybridized carbons (Fsp3) is 0.200. The number of fused-ring (bicyclic) bond motifs is 3. The van der Waals surface area contributed by atoms with Crippen LogP contribution in [0, 0.1) is 0 Å². The summed E-state index contributed by atoms with van der Waals surface area (Å²) in [5, 5.41) is 16.5. The van der Waals surface area contributed by atoms with Gasteiger partial charge in [0.05, 0.1) is 34.8 Å². The van der Waals surface area contributed by atoms with Gasteiger partial charge in [0.1, 0.15) is 5.82 Å². The average Bonchev–Trinajstić information content (AvgIpc) is 3.66. The van der Waals surface area contributed by atoms with Crippen LogP contribution in [0.4, 0.5) is 33.6 Å². The maximum absolute atomic E-state index is 14.0. The molecule has 218 valence electrons. The van der Waals surface area contributed by atoms with E-state index in [-0.39, 0.29) is 23.4 Å². The molecule has 2 amide bonds. The van der Waals surface area contributed by atoms with E-state index in [1.807, 2.05) is 30.3 Å². The number of H-pyrrole nitrogens is 1. The monoisotopic (exact) mass is 595 g/mol. The summed E-state index contributed by atoms with van der Waals surface area (Å²) in [6.45, 7) is 0.159. The molecule has 13 heteroatoms. The van der Waals surface area contributed by atoms with E-state index in [4.69, 9.17) is 5.73 Å². The summed E-state index contributed by atoms with van der Waals surface area (Å²) in [5.74, 6) is 0.557. The number of aromatic amines is 1. The third-order valence-electron chi connectivity index (χ3n) is 7.84. The lowest BCUT2D eigenvalue weighted by atomic mass is 9.99. The molecule has 0 spiro atoms. The number of amides is 2. The molecule has 1 unspecified atom stereocenters. The van der Waals surface area contributed by atoms with Crippen molar-refractivity contribution in [3.8, 4) is 0 Å². The highest BCUT2D eigenvalue weighted by atomic mass is 32.2. The zero-order valence-electron chi connectivity index (χ0n) is 23.0. The molecule has 0 bridgehead atoms. The standard InChI is InChI=1S/C30H29N9O3S/c31-29-36-27(25-16-32-38-28(25)37-29)33-23-15-20-4-1-2-7-26(20)39(17-23)43(41,42)24-12-10-21(11-13-24)34-30(40)35-22-9-8-18-5-3-6-19(18)14-22/h1-2,4,7-14,16,23H,3,5-6,15,17H2,(H2,34,35,40)(H4,31,32,33,36,37,38). The van der Waals surface area contributed by atoms with E-state index >= 15 is 0 Å². The van der Waals surface area contributed by atoms with Crippen molar-refractivity contribution in [2.45, 2.75) is 36.6 Å². The van der Waals surface area contributed by atoms with Gasteiger partial charge in [-0.05, 0) is 84.8 Å². The van der Waals surface area contributed by atoms with Gasteiger partial charge in [-0.25, -0.2) is 13.2 Å². The van der Waals surface area contributed by atoms with Crippen molar-refractivity contribution in [2.75, 3.05) is 32.5 Å². The molecule has 6 N–H and O–H groups in total. The number of para-hydroxylation sites is 1. The zero-order chi connectivity index (χ0) is 29.6. The van der Waals surface area contributed by atoms with Gasteiger partial charge in [0, 0.05) is 11.4 Å². The van der Waals surface area contributed by atoms with E-state index in [2.05, 4.69) is 42.2 Å². The van der Waals surface area contributed by atoms with Crippen LogP contribution in [0.1, 0.15) is 23.1 Å². The first kappa shape index (κ1) is 26.7. The molecule has 1 aliphatic heterocycles. The lowest BCUT2D eigenvalue weighted by molar-refractivity contribution is 0.262. The number of aromatic nitrogens is 4. The number of nitrogens with zero attached hydrogens (tertiary/aromatic N) is 4. The fourth-order valence-electron chi connectivity index (χ4n) is 5.82. The van der Waals surface area contributed by atoms with Crippen molar-refractivity contribution in [1.29, 1.82) is 0 Å². The van der Waals surface area contributed by atoms with Crippen molar-refractivity contribution < 1.29 is 13.2 Å². The third kappa shape index (κ3) is 5.18. The van der Waals surface area contributed by atoms with Gasteiger partial charge in [-0.15, -0.1) is 0 Å². The van der Waals surface area contributed by atoms with E-state index in [0.717, 1.165) is 30.5 Å².